The standard InChI is InChI=1S/C32H30ClF3N10O4/c1-3-23-26(43-11-13-44(14-12-43)28(49)25-27(48)18(2)37-17-38-25)29(50)46-31(41-30(42-46)39-20-7-5-4-6-8-20)45(23)16-24(47)40-22-10-9-19(15-21(22)33)32(34,35)36/h4-10,15,17,48H,3,11-14,16H2,1-2H3,(H,39,42)(H,40,47). The molecule has 0 radical (unpaired) electrons. The van der Waals surface area contributed by atoms with Crippen LogP contribution in [0, 0.1) is 6.92 Å². The van der Waals surface area contributed by atoms with Gasteiger partial charge >= 0.3 is 6.18 Å². The number of hydrogen-bond donors (Lipinski definition) is 3. The minimum absolute atomic E-state index is 0.0291. The first kappa shape index (κ1) is 34.2. The molecule has 1 aliphatic rings. The SMILES string of the molecule is CCc1c(N2CCN(C(=O)c3ncnc(C)c3O)CC2)c(=O)n2nc(Nc3ccccc3)nc2n1CC(=O)Nc1ccc(C(F)(F)F)cc1Cl. The molecule has 2 aromatic carbocycles. The maximum Gasteiger partial charge on any atom is 0.416 e. The third-order valence-corrected chi connectivity index (χ3v) is 8.47. The van der Waals surface area contributed by atoms with Gasteiger partial charge in [-0.1, -0.05) is 36.7 Å². The van der Waals surface area contributed by atoms with E-state index in [1.807, 2.05) is 6.07 Å². The highest BCUT2D eigenvalue weighted by Crippen LogP contribution is 2.34. The Kier molecular flexibility index (Phi) is 9.33. The molecule has 0 spiro atoms. The van der Waals surface area contributed by atoms with Crippen LogP contribution in [0.5, 0.6) is 5.75 Å². The summed E-state index contributed by atoms with van der Waals surface area (Å²) < 4.78 is 42.1. The van der Waals surface area contributed by atoms with E-state index in [1.165, 1.54) is 15.8 Å². The summed E-state index contributed by atoms with van der Waals surface area (Å²) in [7, 11) is 0. The van der Waals surface area contributed by atoms with Gasteiger partial charge in [0.25, 0.3) is 11.5 Å². The fourth-order valence-corrected chi connectivity index (χ4v) is 5.89. The molecule has 0 atom stereocenters. The summed E-state index contributed by atoms with van der Waals surface area (Å²) in [5.41, 5.74) is -0.0171. The molecule has 0 bridgehead atoms. The van der Waals surface area contributed by atoms with Gasteiger partial charge in [-0.15, -0.1) is 5.10 Å². The maximum absolute atomic E-state index is 14.1. The summed E-state index contributed by atoms with van der Waals surface area (Å²) in [6.45, 7) is 3.78. The van der Waals surface area contributed by atoms with Crippen LogP contribution in [0.15, 0.2) is 59.7 Å². The quantitative estimate of drug-likeness (QED) is 0.212. The Bertz CT molecular complexity index is 2150. The van der Waals surface area contributed by atoms with Crippen molar-refractivity contribution < 1.29 is 27.9 Å². The number of amides is 2. The van der Waals surface area contributed by atoms with Crippen LogP contribution in [-0.4, -0.2) is 77.1 Å². The zero-order chi connectivity index (χ0) is 35.7. The van der Waals surface area contributed by atoms with E-state index in [-0.39, 0.29) is 77.9 Å². The van der Waals surface area contributed by atoms with Crippen molar-refractivity contribution in [2.75, 3.05) is 41.7 Å². The van der Waals surface area contributed by atoms with Crippen molar-refractivity contribution in [1.82, 2.24) is 34.0 Å². The van der Waals surface area contributed by atoms with Crippen LogP contribution in [0.25, 0.3) is 5.78 Å². The van der Waals surface area contributed by atoms with Crippen molar-refractivity contribution in [3.05, 3.63) is 92.9 Å². The molecule has 260 valence electrons. The number of carbonyl (C=O) groups is 2. The molecule has 14 nitrogen and oxygen atoms in total. The number of halogens is 4. The first-order valence-electron chi connectivity index (χ1n) is 15.4. The van der Waals surface area contributed by atoms with E-state index in [0.29, 0.717) is 11.4 Å². The van der Waals surface area contributed by atoms with Crippen molar-refractivity contribution in [2.45, 2.75) is 33.0 Å². The van der Waals surface area contributed by atoms with Crippen molar-refractivity contribution in [3.8, 4) is 5.75 Å². The molecule has 6 rings (SSSR count). The normalized spacial score (nSPS) is 13.5. The van der Waals surface area contributed by atoms with Gasteiger partial charge in [-0.25, -0.2) is 9.97 Å². The lowest BCUT2D eigenvalue weighted by Crippen LogP contribution is -2.51. The van der Waals surface area contributed by atoms with Crippen LogP contribution < -0.4 is 21.1 Å². The number of alkyl halides is 3. The topological polar surface area (TPSA) is 163 Å². The van der Waals surface area contributed by atoms with Crippen LogP contribution in [0.4, 0.5) is 36.2 Å². The molecular weight excluding hydrogens is 681 g/mol. The van der Waals surface area contributed by atoms with E-state index in [1.54, 1.807) is 43.0 Å². The number of fused-ring (bicyclic) bond motifs is 1. The van der Waals surface area contributed by atoms with Crippen LogP contribution in [-0.2, 0) is 23.9 Å². The van der Waals surface area contributed by atoms with Crippen molar-refractivity contribution in [1.29, 1.82) is 0 Å². The summed E-state index contributed by atoms with van der Waals surface area (Å²) in [6.07, 6.45) is -3.14. The van der Waals surface area contributed by atoms with E-state index >= 15 is 0 Å². The largest absolute Gasteiger partial charge is 0.504 e. The predicted molar refractivity (Wildman–Crippen MR) is 178 cm³/mol. The first-order valence-corrected chi connectivity index (χ1v) is 15.8. The lowest BCUT2D eigenvalue weighted by atomic mass is 10.2. The molecule has 1 fully saturated rings. The van der Waals surface area contributed by atoms with E-state index < -0.39 is 35.7 Å². The second-order valence-corrected chi connectivity index (χ2v) is 11.8. The Balaban J connectivity index is 1.34. The Hall–Kier alpha value is -5.71. The van der Waals surface area contributed by atoms with Crippen molar-refractivity contribution in [3.63, 3.8) is 0 Å². The average Bonchev–Trinajstić information content (AvgIpc) is 3.52. The lowest BCUT2D eigenvalue weighted by Gasteiger charge is -2.36. The van der Waals surface area contributed by atoms with Crippen LogP contribution >= 0.6 is 11.6 Å². The minimum atomic E-state index is -4.62. The van der Waals surface area contributed by atoms with Crippen LogP contribution in [0.2, 0.25) is 5.02 Å². The number of piperazine rings is 1. The number of benzene rings is 2. The van der Waals surface area contributed by atoms with E-state index in [0.717, 1.165) is 22.7 Å². The lowest BCUT2D eigenvalue weighted by molar-refractivity contribution is -0.137. The first-order chi connectivity index (χ1) is 23.8. The fraction of sp³-hybridized carbons (Fsp3) is 0.281. The summed E-state index contributed by atoms with van der Waals surface area (Å²) >= 11 is 6.10. The number of aromatic nitrogens is 6. The monoisotopic (exact) mass is 710 g/mol. The Morgan fingerprint density at radius 2 is 1.76 bits per heavy atom. The number of anilines is 4. The molecule has 1 aliphatic heterocycles. The number of aromatic hydroxyl groups is 1. The Morgan fingerprint density at radius 1 is 1.04 bits per heavy atom. The fourth-order valence-electron chi connectivity index (χ4n) is 5.67. The van der Waals surface area contributed by atoms with Gasteiger partial charge in [0, 0.05) is 31.9 Å². The molecule has 4 heterocycles. The van der Waals surface area contributed by atoms with Gasteiger partial charge in [0.2, 0.25) is 17.6 Å². The highest BCUT2D eigenvalue weighted by Gasteiger charge is 2.32. The summed E-state index contributed by atoms with van der Waals surface area (Å²) in [5, 5.41) is 20.1. The molecule has 5 aromatic rings. The number of nitrogens with one attached hydrogen (secondary N) is 2. The molecular formula is C32H30ClF3N10O4. The van der Waals surface area contributed by atoms with E-state index in [9.17, 15) is 32.7 Å². The molecule has 50 heavy (non-hydrogen) atoms. The minimum Gasteiger partial charge on any atom is -0.504 e. The van der Waals surface area contributed by atoms with Crippen molar-refractivity contribution in [2.24, 2.45) is 0 Å². The third kappa shape index (κ3) is 6.76. The van der Waals surface area contributed by atoms with Crippen LogP contribution in [0.3, 0.4) is 0 Å². The average molecular weight is 711 g/mol. The van der Waals surface area contributed by atoms with Gasteiger partial charge in [-0.05, 0) is 43.7 Å². The molecule has 0 aliphatic carbocycles. The van der Waals surface area contributed by atoms with E-state index in [4.69, 9.17) is 11.6 Å². The van der Waals surface area contributed by atoms with Gasteiger partial charge < -0.3 is 30.1 Å². The third-order valence-electron chi connectivity index (χ3n) is 8.15. The number of para-hydroxylation sites is 1. The Morgan fingerprint density at radius 3 is 2.42 bits per heavy atom. The van der Waals surface area contributed by atoms with Gasteiger partial charge in [0.1, 0.15) is 18.6 Å². The molecule has 0 unspecified atom stereocenters. The Labute approximate surface area is 287 Å². The number of carbonyl (C=O) groups excluding carboxylic acids is 2. The number of aryl methyl sites for hydroxylation is 1. The van der Waals surface area contributed by atoms with Gasteiger partial charge in [0.05, 0.1) is 27.7 Å². The summed E-state index contributed by atoms with van der Waals surface area (Å²) in [6, 6.07) is 11.6. The zero-order valence-corrected chi connectivity index (χ0v) is 27.5. The van der Waals surface area contributed by atoms with Gasteiger partial charge in [-0.2, -0.15) is 22.7 Å². The highest BCUT2D eigenvalue weighted by atomic mass is 35.5. The van der Waals surface area contributed by atoms with Crippen LogP contribution in [0.1, 0.15) is 34.4 Å². The molecule has 2 amide bonds. The maximum atomic E-state index is 14.1. The zero-order valence-electron chi connectivity index (χ0n) is 26.7. The highest BCUT2D eigenvalue weighted by molar-refractivity contribution is 6.33. The van der Waals surface area contributed by atoms with Gasteiger partial charge in [-0.3, -0.25) is 14.4 Å². The number of nitrogens with zero attached hydrogens (tertiary/aromatic N) is 8. The second-order valence-electron chi connectivity index (χ2n) is 11.4. The summed E-state index contributed by atoms with van der Waals surface area (Å²) in [5.74, 6) is -1.30. The summed E-state index contributed by atoms with van der Waals surface area (Å²) in [4.78, 5) is 56.4. The number of rotatable bonds is 8. The smallest absolute Gasteiger partial charge is 0.416 e. The van der Waals surface area contributed by atoms with E-state index in [2.05, 4.69) is 30.7 Å². The predicted octanol–water partition coefficient (Wildman–Crippen LogP) is 4.27. The molecule has 0 saturated carbocycles. The molecule has 3 aromatic heterocycles. The van der Waals surface area contributed by atoms with Crippen molar-refractivity contribution >= 4 is 52.2 Å². The van der Waals surface area contributed by atoms with Gasteiger partial charge in [0.15, 0.2) is 11.4 Å². The molecule has 3 N–H and O–H groups in total. The molecule has 1 saturated heterocycles. The molecule has 18 heteroatoms. The second kappa shape index (κ2) is 13.7. The number of hydrogen-bond acceptors (Lipinski definition) is 10.